The number of aromatic nitrogens is 4. The molecule has 0 saturated carbocycles. The van der Waals surface area contributed by atoms with Gasteiger partial charge < -0.3 is 19.3 Å². The quantitative estimate of drug-likeness (QED) is 0.191. The molecule has 5 aromatic rings. The second-order valence-corrected chi connectivity index (χ2v) is 13.2. The summed E-state index contributed by atoms with van der Waals surface area (Å²) in [6.45, 7) is 14.0. The summed E-state index contributed by atoms with van der Waals surface area (Å²) in [5.41, 5.74) is 9.74. The molecular formula is C37H42N6O3. The summed E-state index contributed by atoms with van der Waals surface area (Å²) in [6, 6.07) is 20.8. The molecule has 0 spiro atoms. The molecule has 6 rings (SSSR count). The second kappa shape index (κ2) is 12.1. The number of carbonyl (C=O) groups excluding carboxylic acids is 1. The Morgan fingerprint density at radius 2 is 1.72 bits per heavy atom. The molecule has 0 N–H and O–H groups in total. The molecule has 0 radical (unpaired) electrons. The fraction of sp³-hybridized carbons (Fsp3) is 0.351. The number of likely N-dealkylation sites (N-methyl/N-ethyl adjacent to an activating group) is 1. The lowest BCUT2D eigenvalue weighted by molar-refractivity contribution is 0.0196. The number of hydrogen-bond acceptors (Lipinski definition) is 7. The molecule has 0 unspecified atom stereocenters. The molecule has 0 bridgehead atoms. The van der Waals surface area contributed by atoms with Crippen molar-refractivity contribution < 1.29 is 14.3 Å². The highest BCUT2D eigenvalue weighted by Crippen LogP contribution is 2.34. The maximum Gasteiger partial charge on any atom is 0.410 e. The molecule has 0 atom stereocenters. The number of ether oxygens (including phenoxy) is 2. The van der Waals surface area contributed by atoms with E-state index in [0.29, 0.717) is 19.6 Å². The van der Waals surface area contributed by atoms with Gasteiger partial charge in [-0.1, -0.05) is 30.3 Å². The van der Waals surface area contributed by atoms with Crippen molar-refractivity contribution in [3.8, 4) is 28.3 Å². The molecule has 1 saturated heterocycles. The molecule has 1 amide bonds. The number of carbonyl (C=O) groups is 1. The Labute approximate surface area is 270 Å². The van der Waals surface area contributed by atoms with Crippen molar-refractivity contribution in [1.82, 2.24) is 24.6 Å². The molecule has 46 heavy (non-hydrogen) atoms. The smallest absolute Gasteiger partial charge is 0.410 e. The number of methoxy groups -OCH3 is 1. The van der Waals surface area contributed by atoms with E-state index in [-0.39, 0.29) is 12.1 Å². The molecule has 0 aliphatic carbocycles. The van der Waals surface area contributed by atoms with Crippen molar-refractivity contribution in [1.29, 1.82) is 0 Å². The summed E-state index contributed by atoms with van der Waals surface area (Å²) in [5.74, 6) is 1.68. The van der Waals surface area contributed by atoms with E-state index in [9.17, 15) is 4.79 Å². The van der Waals surface area contributed by atoms with E-state index < -0.39 is 5.60 Å². The standard InChI is InChI=1S/C37H42N6O3/c1-23-10-9-11-30(25(23)3)33-24(2)18-31-35(39-33)34(40-43(31)20-26-12-15-29(45-8)16-13-26)27-14-17-32(38-19-27)42-21-28(22-42)41(7)36(44)46-37(4,5)6/h9-19,28H,20-22H2,1-8H3. The highest BCUT2D eigenvalue weighted by atomic mass is 16.6. The predicted octanol–water partition coefficient (Wildman–Crippen LogP) is 7.20. The van der Waals surface area contributed by atoms with Crippen LogP contribution in [-0.4, -0.2) is 69.6 Å². The summed E-state index contributed by atoms with van der Waals surface area (Å²) in [4.78, 5) is 26.4. The number of rotatable bonds is 7. The molecule has 4 heterocycles. The summed E-state index contributed by atoms with van der Waals surface area (Å²) in [6.07, 6.45) is 1.57. The van der Waals surface area contributed by atoms with Crippen LogP contribution < -0.4 is 9.64 Å². The van der Waals surface area contributed by atoms with E-state index in [0.717, 1.165) is 56.2 Å². The third-order valence-corrected chi connectivity index (χ3v) is 8.70. The third-order valence-electron chi connectivity index (χ3n) is 8.70. The third kappa shape index (κ3) is 6.14. The molecular weight excluding hydrogens is 576 g/mol. The lowest BCUT2D eigenvalue weighted by Crippen LogP contribution is -2.60. The van der Waals surface area contributed by atoms with Crippen LogP contribution in [0.3, 0.4) is 0 Å². The minimum Gasteiger partial charge on any atom is -0.497 e. The normalized spacial score (nSPS) is 13.5. The van der Waals surface area contributed by atoms with Crippen molar-refractivity contribution in [2.75, 3.05) is 32.1 Å². The van der Waals surface area contributed by atoms with Crippen LogP contribution in [0.25, 0.3) is 33.5 Å². The van der Waals surface area contributed by atoms with Gasteiger partial charge in [-0.3, -0.25) is 4.68 Å². The van der Waals surface area contributed by atoms with E-state index in [1.165, 1.54) is 11.1 Å². The molecule has 2 aromatic carbocycles. The minimum atomic E-state index is -0.523. The van der Waals surface area contributed by atoms with Gasteiger partial charge in [0.2, 0.25) is 0 Å². The number of anilines is 1. The first-order valence-electron chi connectivity index (χ1n) is 15.7. The molecule has 1 fully saturated rings. The number of benzene rings is 2. The van der Waals surface area contributed by atoms with E-state index in [2.05, 4.69) is 68.1 Å². The first-order valence-corrected chi connectivity index (χ1v) is 15.7. The van der Waals surface area contributed by atoms with Gasteiger partial charge in [0, 0.05) is 37.5 Å². The van der Waals surface area contributed by atoms with Crippen LogP contribution >= 0.6 is 0 Å². The molecule has 1 aliphatic heterocycles. The molecule has 9 heteroatoms. The van der Waals surface area contributed by atoms with Gasteiger partial charge in [-0.05, 0) is 94.1 Å². The number of fused-ring (bicyclic) bond motifs is 1. The Morgan fingerprint density at radius 1 is 0.978 bits per heavy atom. The zero-order valence-electron chi connectivity index (χ0n) is 28.0. The Kier molecular flexibility index (Phi) is 8.19. The van der Waals surface area contributed by atoms with Gasteiger partial charge in [0.25, 0.3) is 0 Å². The number of nitrogens with zero attached hydrogens (tertiary/aromatic N) is 6. The van der Waals surface area contributed by atoms with Crippen molar-refractivity contribution in [3.05, 3.63) is 89.1 Å². The van der Waals surface area contributed by atoms with E-state index in [1.54, 1.807) is 19.1 Å². The van der Waals surface area contributed by atoms with Crippen molar-refractivity contribution in [2.24, 2.45) is 0 Å². The second-order valence-electron chi connectivity index (χ2n) is 13.2. The Bertz CT molecular complexity index is 1880. The average Bonchev–Trinajstić information content (AvgIpc) is 3.34. The maximum atomic E-state index is 12.5. The number of hydrogen-bond donors (Lipinski definition) is 0. The largest absolute Gasteiger partial charge is 0.497 e. The summed E-state index contributed by atoms with van der Waals surface area (Å²) >= 11 is 0. The zero-order valence-corrected chi connectivity index (χ0v) is 28.0. The first kappa shape index (κ1) is 31.1. The van der Waals surface area contributed by atoms with E-state index >= 15 is 0 Å². The van der Waals surface area contributed by atoms with Crippen LogP contribution in [0.2, 0.25) is 0 Å². The monoisotopic (exact) mass is 618 g/mol. The molecule has 9 nitrogen and oxygen atoms in total. The summed E-state index contributed by atoms with van der Waals surface area (Å²) < 4.78 is 12.9. The van der Waals surface area contributed by atoms with Gasteiger partial charge in [-0.15, -0.1) is 0 Å². The van der Waals surface area contributed by atoms with Gasteiger partial charge in [-0.2, -0.15) is 5.10 Å². The van der Waals surface area contributed by atoms with Gasteiger partial charge in [-0.25, -0.2) is 14.8 Å². The molecule has 1 aliphatic rings. The maximum absolute atomic E-state index is 12.5. The summed E-state index contributed by atoms with van der Waals surface area (Å²) in [7, 11) is 3.47. The van der Waals surface area contributed by atoms with Crippen LogP contribution in [-0.2, 0) is 11.3 Å². The first-order chi connectivity index (χ1) is 21.9. The summed E-state index contributed by atoms with van der Waals surface area (Å²) in [5, 5.41) is 5.12. The molecule has 238 valence electrons. The average molecular weight is 619 g/mol. The van der Waals surface area contributed by atoms with Crippen molar-refractivity contribution in [2.45, 2.75) is 59.7 Å². The van der Waals surface area contributed by atoms with Gasteiger partial charge in [0.1, 0.15) is 28.4 Å². The zero-order chi connectivity index (χ0) is 32.7. The lowest BCUT2D eigenvalue weighted by Gasteiger charge is -2.44. The van der Waals surface area contributed by atoms with Crippen LogP contribution in [0.15, 0.2) is 66.9 Å². The number of amides is 1. The van der Waals surface area contributed by atoms with Crippen LogP contribution in [0.5, 0.6) is 5.75 Å². The SMILES string of the molecule is COc1ccc(Cn2nc(-c3ccc(N4CC(N(C)C(=O)OC(C)(C)C)C4)nc3)c3nc(-c4cccc(C)c4C)c(C)cc32)cc1. The predicted molar refractivity (Wildman–Crippen MR) is 182 cm³/mol. The topological polar surface area (TPSA) is 85.6 Å². The van der Waals surface area contributed by atoms with Crippen LogP contribution in [0.1, 0.15) is 43.0 Å². The van der Waals surface area contributed by atoms with Gasteiger partial charge in [0.15, 0.2) is 0 Å². The number of aryl methyl sites for hydroxylation is 2. The number of pyridine rings is 2. The van der Waals surface area contributed by atoms with Gasteiger partial charge >= 0.3 is 6.09 Å². The van der Waals surface area contributed by atoms with Crippen LogP contribution in [0, 0.1) is 20.8 Å². The molecule has 3 aromatic heterocycles. The van der Waals surface area contributed by atoms with Crippen LogP contribution in [0.4, 0.5) is 10.6 Å². The fourth-order valence-corrected chi connectivity index (χ4v) is 5.77. The Morgan fingerprint density at radius 3 is 2.37 bits per heavy atom. The fourth-order valence-electron chi connectivity index (χ4n) is 5.77. The van der Waals surface area contributed by atoms with E-state index in [1.807, 2.05) is 49.8 Å². The highest BCUT2D eigenvalue weighted by molar-refractivity contribution is 5.92. The van der Waals surface area contributed by atoms with Crippen molar-refractivity contribution in [3.63, 3.8) is 0 Å². The highest BCUT2D eigenvalue weighted by Gasteiger charge is 2.35. The van der Waals surface area contributed by atoms with Gasteiger partial charge in [0.05, 0.1) is 30.9 Å². The Balaban J connectivity index is 1.32. The van der Waals surface area contributed by atoms with Crippen molar-refractivity contribution >= 4 is 22.9 Å². The lowest BCUT2D eigenvalue weighted by atomic mass is 9.97. The van der Waals surface area contributed by atoms with E-state index in [4.69, 9.17) is 24.5 Å². The minimum absolute atomic E-state index is 0.0739. The Hall–Kier alpha value is -4.92.